The number of carbonyl (C=O) groups is 2. The molecular formula is C17H16BrNO4. The minimum absolute atomic E-state index is 0.000697. The first-order valence-electron chi connectivity index (χ1n) is 6.90. The Morgan fingerprint density at radius 2 is 1.83 bits per heavy atom. The van der Waals surface area contributed by atoms with Crippen molar-refractivity contribution in [2.75, 3.05) is 11.9 Å². The van der Waals surface area contributed by atoms with E-state index < -0.39 is 18.5 Å². The van der Waals surface area contributed by atoms with Crippen LogP contribution in [0.5, 0.6) is 5.75 Å². The van der Waals surface area contributed by atoms with Crippen molar-refractivity contribution in [1.82, 2.24) is 0 Å². The maximum Gasteiger partial charge on any atom is 0.342 e. The Bertz CT molecular complexity index is 738. The van der Waals surface area contributed by atoms with E-state index in [1.807, 2.05) is 32.0 Å². The number of phenolic OH excluding ortho intramolecular Hbond substituents is 1. The van der Waals surface area contributed by atoms with Gasteiger partial charge in [0.15, 0.2) is 6.61 Å². The lowest BCUT2D eigenvalue weighted by atomic mass is 10.1. The number of carbonyl (C=O) groups excluding carboxylic acids is 2. The van der Waals surface area contributed by atoms with Gasteiger partial charge in [0.2, 0.25) is 0 Å². The van der Waals surface area contributed by atoms with Crippen molar-refractivity contribution in [2.24, 2.45) is 0 Å². The Morgan fingerprint density at radius 3 is 2.48 bits per heavy atom. The molecule has 1 amide bonds. The molecule has 2 aromatic rings. The largest absolute Gasteiger partial charge is 0.507 e. The highest BCUT2D eigenvalue weighted by Gasteiger charge is 2.15. The van der Waals surface area contributed by atoms with Gasteiger partial charge in [-0.1, -0.05) is 34.1 Å². The second-order valence-corrected chi connectivity index (χ2v) is 5.97. The van der Waals surface area contributed by atoms with Crippen LogP contribution in [0.2, 0.25) is 0 Å². The summed E-state index contributed by atoms with van der Waals surface area (Å²) in [6, 6.07) is 10.1. The number of aromatic hydroxyl groups is 1. The standard InChI is InChI=1S/C17H16BrNO4/c1-10-4-3-5-11(2)16(10)19-15(21)9-23-17(22)13-8-12(18)6-7-14(13)20/h3-8,20H,9H2,1-2H3,(H,19,21). The Labute approximate surface area is 142 Å². The van der Waals surface area contributed by atoms with Crippen LogP contribution in [0.3, 0.4) is 0 Å². The maximum absolute atomic E-state index is 11.9. The molecule has 0 radical (unpaired) electrons. The van der Waals surface area contributed by atoms with E-state index in [0.717, 1.165) is 11.1 Å². The van der Waals surface area contributed by atoms with Crippen LogP contribution in [0.4, 0.5) is 5.69 Å². The molecule has 0 aliphatic rings. The van der Waals surface area contributed by atoms with E-state index in [1.165, 1.54) is 12.1 Å². The molecule has 0 aromatic heterocycles. The van der Waals surface area contributed by atoms with Gasteiger partial charge in [0.05, 0.1) is 0 Å². The first-order valence-corrected chi connectivity index (χ1v) is 7.69. The van der Waals surface area contributed by atoms with Crippen LogP contribution in [0, 0.1) is 13.8 Å². The summed E-state index contributed by atoms with van der Waals surface area (Å²) >= 11 is 3.21. The second-order valence-electron chi connectivity index (χ2n) is 5.05. The number of amides is 1. The molecule has 6 heteroatoms. The fraction of sp³-hybridized carbons (Fsp3) is 0.176. The third-order valence-corrected chi connectivity index (χ3v) is 3.75. The maximum atomic E-state index is 11.9. The van der Waals surface area contributed by atoms with Gasteiger partial charge in [-0.05, 0) is 43.2 Å². The minimum atomic E-state index is -0.763. The van der Waals surface area contributed by atoms with Crippen LogP contribution < -0.4 is 5.32 Å². The molecule has 0 saturated heterocycles. The minimum Gasteiger partial charge on any atom is -0.507 e. The number of rotatable bonds is 4. The van der Waals surface area contributed by atoms with Crippen molar-refractivity contribution >= 4 is 33.5 Å². The summed E-state index contributed by atoms with van der Waals surface area (Å²) in [5.74, 6) is -1.40. The number of hydrogen-bond acceptors (Lipinski definition) is 4. The summed E-state index contributed by atoms with van der Waals surface area (Å²) in [5, 5.41) is 12.4. The number of ether oxygens (including phenoxy) is 1. The normalized spacial score (nSPS) is 10.2. The molecule has 0 saturated carbocycles. The highest BCUT2D eigenvalue weighted by atomic mass is 79.9. The van der Waals surface area contributed by atoms with Gasteiger partial charge in [-0.3, -0.25) is 4.79 Å². The van der Waals surface area contributed by atoms with Crippen LogP contribution >= 0.6 is 15.9 Å². The Morgan fingerprint density at radius 1 is 1.17 bits per heavy atom. The lowest BCUT2D eigenvalue weighted by molar-refractivity contribution is -0.119. The zero-order chi connectivity index (χ0) is 17.0. The first kappa shape index (κ1) is 17.0. The smallest absolute Gasteiger partial charge is 0.342 e. The average Bonchev–Trinajstić information content (AvgIpc) is 2.51. The predicted octanol–water partition coefficient (Wildman–Crippen LogP) is 3.57. The molecule has 0 bridgehead atoms. The number of aryl methyl sites for hydroxylation is 2. The van der Waals surface area contributed by atoms with Gasteiger partial charge in [0.1, 0.15) is 11.3 Å². The van der Waals surface area contributed by atoms with Gasteiger partial charge in [0, 0.05) is 10.2 Å². The Kier molecular flexibility index (Phi) is 5.39. The third-order valence-electron chi connectivity index (χ3n) is 3.26. The molecule has 0 spiro atoms. The van der Waals surface area contributed by atoms with Crippen molar-refractivity contribution in [3.63, 3.8) is 0 Å². The van der Waals surface area contributed by atoms with Gasteiger partial charge in [0.25, 0.3) is 5.91 Å². The Balaban J connectivity index is 1.99. The highest BCUT2D eigenvalue weighted by molar-refractivity contribution is 9.10. The number of benzene rings is 2. The molecule has 0 unspecified atom stereocenters. The number of para-hydroxylation sites is 1. The molecule has 2 rings (SSSR count). The number of esters is 1. The first-order chi connectivity index (χ1) is 10.9. The number of phenols is 1. The summed E-state index contributed by atoms with van der Waals surface area (Å²) in [5.41, 5.74) is 2.56. The summed E-state index contributed by atoms with van der Waals surface area (Å²) in [7, 11) is 0. The molecule has 0 atom stereocenters. The van der Waals surface area contributed by atoms with E-state index in [-0.39, 0.29) is 11.3 Å². The van der Waals surface area contributed by atoms with Crippen LogP contribution in [0.1, 0.15) is 21.5 Å². The molecule has 0 heterocycles. The van der Waals surface area contributed by atoms with E-state index in [2.05, 4.69) is 21.2 Å². The summed E-state index contributed by atoms with van der Waals surface area (Å²) in [6.07, 6.45) is 0. The van der Waals surface area contributed by atoms with Crippen LogP contribution in [-0.2, 0) is 9.53 Å². The van der Waals surface area contributed by atoms with Crippen molar-refractivity contribution in [3.05, 3.63) is 57.6 Å². The summed E-state index contributed by atoms with van der Waals surface area (Å²) in [4.78, 5) is 23.9. The SMILES string of the molecule is Cc1cccc(C)c1NC(=O)COC(=O)c1cc(Br)ccc1O. The topological polar surface area (TPSA) is 75.6 Å². The summed E-state index contributed by atoms with van der Waals surface area (Å²) in [6.45, 7) is 3.33. The fourth-order valence-corrected chi connectivity index (χ4v) is 2.43. The molecule has 0 aliphatic heterocycles. The van der Waals surface area contributed by atoms with E-state index in [1.54, 1.807) is 6.07 Å². The second kappa shape index (κ2) is 7.28. The van der Waals surface area contributed by atoms with Crippen LogP contribution in [0.15, 0.2) is 40.9 Å². The Hall–Kier alpha value is -2.34. The van der Waals surface area contributed by atoms with Crippen molar-refractivity contribution < 1.29 is 19.4 Å². The van der Waals surface area contributed by atoms with Crippen molar-refractivity contribution in [2.45, 2.75) is 13.8 Å². The van der Waals surface area contributed by atoms with Crippen LogP contribution in [-0.4, -0.2) is 23.6 Å². The van der Waals surface area contributed by atoms with Gasteiger partial charge < -0.3 is 15.2 Å². The van der Waals surface area contributed by atoms with E-state index in [9.17, 15) is 14.7 Å². The lowest BCUT2D eigenvalue weighted by Gasteiger charge is -2.12. The van der Waals surface area contributed by atoms with E-state index >= 15 is 0 Å². The molecule has 5 nitrogen and oxygen atoms in total. The molecule has 2 aromatic carbocycles. The average molecular weight is 378 g/mol. The van der Waals surface area contributed by atoms with E-state index in [0.29, 0.717) is 10.2 Å². The molecule has 0 fully saturated rings. The van der Waals surface area contributed by atoms with Gasteiger partial charge in [-0.15, -0.1) is 0 Å². The predicted molar refractivity (Wildman–Crippen MR) is 90.6 cm³/mol. The third kappa shape index (κ3) is 4.32. The number of anilines is 1. The lowest BCUT2D eigenvalue weighted by Crippen LogP contribution is -2.21. The van der Waals surface area contributed by atoms with Crippen molar-refractivity contribution in [3.8, 4) is 5.75 Å². The van der Waals surface area contributed by atoms with E-state index in [4.69, 9.17) is 4.74 Å². The van der Waals surface area contributed by atoms with Crippen LogP contribution in [0.25, 0.3) is 0 Å². The molecule has 2 N–H and O–H groups in total. The monoisotopic (exact) mass is 377 g/mol. The zero-order valence-corrected chi connectivity index (χ0v) is 14.3. The fourth-order valence-electron chi connectivity index (χ4n) is 2.07. The van der Waals surface area contributed by atoms with Gasteiger partial charge >= 0.3 is 5.97 Å². The van der Waals surface area contributed by atoms with Gasteiger partial charge in [-0.2, -0.15) is 0 Å². The van der Waals surface area contributed by atoms with Crippen molar-refractivity contribution in [1.29, 1.82) is 0 Å². The quantitative estimate of drug-likeness (QED) is 0.798. The summed E-state index contributed by atoms with van der Waals surface area (Å²) < 4.78 is 5.57. The molecular weight excluding hydrogens is 362 g/mol. The highest BCUT2D eigenvalue weighted by Crippen LogP contribution is 2.23. The number of nitrogens with one attached hydrogen (secondary N) is 1. The molecule has 0 aliphatic carbocycles. The molecule has 23 heavy (non-hydrogen) atoms. The molecule has 120 valence electrons. The zero-order valence-electron chi connectivity index (χ0n) is 12.7. The number of halogens is 1. The number of hydrogen-bond donors (Lipinski definition) is 2. The van der Waals surface area contributed by atoms with Gasteiger partial charge in [-0.25, -0.2) is 4.79 Å².